The van der Waals surface area contributed by atoms with Gasteiger partial charge in [-0.05, 0) is 37.4 Å². The molecule has 0 aliphatic heterocycles. The molecule has 3 nitrogen and oxygen atoms in total. The highest BCUT2D eigenvalue weighted by Crippen LogP contribution is 2.10. The third-order valence-corrected chi connectivity index (χ3v) is 3.14. The van der Waals surface area contributed by atoms with E-state index in [1.807, 2.05) is 62.6 Å². The minimum atomic E-state index is -0.261. The van der Waals surface area contributed by atoms with Crippen LogP contribution in [0.3, 0.4) is 0 Å². The van der Waals surface area contributed by atoms with Crippen LogP contribution in [0.5, 0.6) is 0 Å². The van der Waals surface area contributed by atoms with Gasteiger partial charge in [-0.3, -0.25) is 4.79 Å². The first-order chi connectivity index (χ1) is 10.6. The lowest BCUT2D eigenvalue weighted by atomic mass is 10.1. The van der Waals surface area contributed by atoms with E-state index in [1.54, 1.807) is 0 Å². The predicted octanol–water partition coefficient (Wildman–Crippen LogP) is 2.42. The molecule has 2 aromatic carbocycles. The molecule has 0 aromatic heterocycles. The number of nitrogens with one attached hydrogen (secondary N) is 1. The summed E-state index contributed by atoms with van der Waals surface area (Å²) < 4.78 is 0. The maximum atomic E-state index is 11.8. The molecule has 0 bridgehead atoms. The van der Waals surface area contributed by atoms with Crippen LogP contribution in [-0.2, 0) is 17.9 Å². The summed E-state index contributed by atoms with van der Waals surface area (Å²) in [7, 11) is 4.06. The zero-order valence-electron chi connectivity index (χ0n) is 13.0. The summed E-state index contributed by atoms with van der Waals surface area (Å²) >= 11 is 0. The number of carbonyl (C=O) groups is 1. The van der Waals surface area contributed by atoms with E-state index in [1.165, 1.54) is 5.56 Å². The van der Waals surface area contributed by atoms with Crippen molar-refractivity contribution >= 4 is 5.91 Å². The first-order valence-corrected chi connectivity index (χ1v) is 7.21. The fraction of sp³-hybridized carbons (Fsp3) is 0.211. The molecule has 22 heavy (non-hydrogen) atoms. The van der Waals surface area contributed by atoms with Gasteiger partial charge in [0.25, 0.3) is 5.91 Å². The van der Waals surface area contributed by atoms with Gasteiger partial charge >= 0.3 is 0 Å². The summed E-state index contributed by atoms with van der Waals surface area (Å²) in [5.74, 6) is 5.22. The number of rotatable bonds is 4. The highest BCUT2D eigenvalue weighted by Gasteiger charge is 2.04. The number of carbonyl (C=O) groups excluding carboxylic acids is 1. The summed E-state index contributed by atoms with van der Waals surface area (Å²) in [6, 6.07) is 17.6. The average molecular weight is 292 g/mol. The first-order valence-electron chi connectivity index (χ1n) is 7.21. The number of benzene rings is 2. The van der Waals surface area contributed by atoms with Crippen molar-refractivity contribution in [3.05, 3.63) is 71.3 Å². The van der Waals surface area contributed by atoms with Gasteiger partial charge in [0.1, 0.15) is 0 Å². The van der Waals surface area contributed by atoms with E-state index >= 15 is 0 Å². The smallest absolute Gasteiger partial charge is 0.296 e. The third kappa shape index (κ3) is 5.08. The highest BCUT2D eigenvalue weighted by atomic mass is 16.1. The Balaban J connectivity index is 1.96. The Morgan fingerprint density at radius 2 is 1.64 bits per heavy atom. The molecule has 2 aromatic rings. The Kier molecular flexibility index (Phi) is 5.76. The van der Waals surface area contributed by atoms with Crippen LogP contribution in [-0.4, -0.2) is 24.9 Å². The van der Waals surface area contributed by atoms with Gasteiger partial charge in [0.15, 0.2) is 0 Å². The number of amides is 1. The summed E-state index contributed by atoms with van der Waals surface area (Å²) in [6.45, 7) is 1.34. The van der Waals surface area contributed by atoms with E-state index in [0.29, 0.717) is 6.54 Å². The number of hydrogen-bond donors (Lipinski definition) is 1. The fourth-order valence-corrected chi connectivity index (χ4v) is 2.10. The van der Waals surface area contributed by atoms with Crippen molar-refractivity contribution < 1.29 is 4.79 Å². The van der Waals surface area contributed by atoms with Gasteiger partial charge in [-0.2, -0.15) is 0 Å². The first kappa shape index (κ1) is 15.8. The van der Waals surface area contributed by atoms with Crippen molar-refractivity contribution in [2.45, 2.75) is 13.1 Å². The van der Waals surface area contributed by atoms with Crippen LogP contribution >= 0.6 is 0 Å². The Labute approximate surface area is 132 Å². The highest BCUT2D eigenvalue weighted by molar-refractivity contribution is 5.94. The third-order valence-electron chi connectivity index (χ3n) is 3.14. The normalized spacial score (nSPS) is 9.95. The molecule has 0 saturated heterocycles. The van der Waals surface area contributed by atoms with Crippen LogP contribution in [0.25, 0.3) is 0 Å². The quantitative estimate of drug-likeness (QED) is 0.878. The van der Waals surface area contributed by atoms with E-state index in [0.717, 1.165) is 17.7 Å². The summed E-state index contributed by atoms with van der Waals surface area (Å²) in [5.41, 5.74) is 3.17. The van der Waals surface area contributed by atoms with E-state index in [4.69, 9.17) is 0 Å². The molecule has 1 N–H and O–H groups in total. The molecule has 0 aliphatic rings. The average Bonchev–Trinajstić information content (AvgIpc) is 2.52. The standard InChI is InChI=1S/C19H20N2O/c1-21(2)15-18-11-7-6-10-17(18)14-20-19(22)13-12-16-8-4-3-5-9-16/h3-11H,14-15H2,1-2H3,(H,20,22). The van der Waals surface area contributed by atoms with Crippen molar-refractivity contribution in [3.63, 3.8) is 0 Å². The van der Waals surface area contributed by atoms with E-state index < -0.39 is 0 Å². The predicted molar refractivity (Wildman–Crippen MR) is 89.0 cm³/mol. The van der Waals surface area contributed by atoms with Crippen molar-refractivity contribution in [2.24, 2.45) is 0 Å². The van der Waals surface area contributed by atoms with E-state index in [-0.39, 0.29) is 5.91 Å². The minimum Gasteiger partial charge on any atom is -0.341 e. The van der Waals surface area contributed by atoms with Gasteiger partial charge < -0.3 is 10.2 Å². The zero-order valence-corrected chi connectivity index (χ0v) is 13.0. The topological polar surface area (TPSA) is 32.3 Å². The molecular formula is C19H20N2O. The molecule has 0 aliphatic carbocycles. The summed E-state index contributed by atoms with van der Waals surface area (Å²) in [4.78, 5) is 13.9. The van der Waals surface area contributed by atoms with Crippen LogP contribution in [0.2, 0.25) is 0 Å². The van der Waals surface area contributed by atoms with Crippen LogP contribution < -0.4 is 5.32 Å². The largest absolute Gasteiger partial charge is 0.341 e. The van der Waals surface area contributed by atoms with Crippen LogP contribution in [0, 0.1) is 11.8 Å². The van der Waals surface area contributed by atoms with Gasteiger partial charge in [-0.1, -0.05) is 48.4 Å². The second-order valence-corrected chi connectivity index (χ2v) is 5.31. The number of hydrogen-bond acceptors (Lipinski definition) is 2. The maximum Gasteiger partial charge on any atom is 0.296 e. The van der Waals surface area contributed by atoms with Crippen molar-refractivity contribution in [1.29, 1.82) is 0 Å². The van der Waals surface area contributed by atoms with Crippen molar-refractivity contribution in [3.8, 4) is 11.8 Å². The molecule has 3 heteroatoms. The van der Waals surface area contributed by atoms with E-state index in [9.17, 15) is 4.79 Å². The molecule has 0 spiro atoms. The van der Waals surface area contributed by atoms with Gasteiger partial charge in [-0.25, -0.2) is 0 Å². The Hall–Kier alpha value is -2.57. The summed E-state index contributed by atoms with van der Waals surface area (Å²) in [5, 5.41) is 2.85. The molecule has 0 heterocycles. The van der Waals surface area contributed by atoms with E-state index in [2.05, 4.69) is 28.1 Å². The maximum absolute atomic E-state index is 11.8. The lowest BCUT2D eigenvalue weighted by molar-refractivity contribution is -0.115. The van der Waals surface area contributed by atoms with Crippen molar-refractivity contribution in [2.75, 3.05) is 14.1 Å². The van der Waals surface area contributed by atoms with Crippen LogP contribution in [0.1, 0.15) is 16.7 Å². The monoisotopic (exact) mass is 292 g/mol. The Morgan fingerprint density at radius 1 is 1.00 bits per heavy atom. The van der Waals surface area contributed by atoms with Gasteiger partial charge in [0.2, 0.25) is 0 Å². The molecule has 112 valence electrons. The molecular weight excluding hydrogens is 272 g/mol. The molecule has 0 saturated carbocycles. The van der Waals surface area contributed by atoms with Gasteiger partial charge in [0, 0.05) is 24.6 Å². The second-order valence-electron chi connectivity index (χ2n) is 5.31. The lowest BCUT2D eigenvalue weighted by Gasteiger charge is -2.14. The summed E-state index contributed by atoms with van der Waals surface area (Å²) in [6.07, 6.45) is 0. The van der Waals surface area contributed by atoms with Gasteiger partial charge in [-0.15, -0.1) is 0 Å². The Morgan fingerprint density at radius 3 is 2.32 bits per heavy atom. The number of nitrogens with zero attached hydrogens (tertiary/aromatic N) is 1. The zero-order chi connectivity index (χ0) is 15.8. The minimum absolute atomic E-state index is 0.261. The van der Waals surface area contributed by atoms with Gasteiger partial charge in [0.05, 0.1) is 0 Å². The molecule has 0 fully saturated rings. The molecule has 0 atom stereocenters. The van der Waals surface area contributed by atoms with Crippen LogP contribution in [0.15, 0.2) is 54.6 Å². The molecule has 0 unspecified atom stereocenters. The SMILES string of the molecule is CN(C)Cc1ccccc1CNC(=O)C#Cc1ccccc1. The molecule has 1 amide bonds. The lowest BCUT2D eigenvalue weighted by Crippen LogP contribution is -2.22. The molecule has 0 radical (unpaired) electrons. The molecule has 2 rings (SSSR count). The van der Waals surface area contributed by atoms with Crippen LogP contribution in [0.4, 0.5) is 0 Å². The Bertz CT molecular complexity index is 681. The second kappa shape index (κ2) is 8.02. The van der Waals surface area contributed by atoms with Crippen molar-refractivity contribution in [1.82, 2.24) is 10.2 Å². The fourth-order valence-electron chi connectivity index (χ4n) is 2.10.